The Morgan fingerprint density at radius 3 is 2.22 bits per heavy atom. The number of benzene rings is 1. The van der Waals surface area contributed by atoms with Gasteiger partial charge in [0, 0.05) is 5.56 Å². The number of hydrogen-bond donors (Lipinski definition) is 0. The van der Waals surface area contributed by atoms with E-state index in [0.29, 0.717) is 5.89 Å². The van der Waals surface area contributed by atoms with Crippen molar-refractivity contribution >= 4 is 11.6 Å². The lowest BCUT2D eigenvalue weighted by atomic mass is 9.86. The summed E-state index contributed by atoms with van der Waals surface area (Å²) in [6, 6.07) is 8.37. The van der Waals surface area contributed by atoms with Crippen LogP contribution in [0.15, 0.2) is 34.9 Å². The van der Waals surface area contributed by atoms with Crippen LogP contribution >= 0.6 is 11.6 Å². The van der Waals surface area contributed by atoms with E-state index in [2.05, 4.69) is 50.0 Å². The molecule has 0 saturated carbocycles. The van der Waals surface area contributed by atoms with Crippen molar-refractivity contribution in [2.45, 2.75) is 38.5 Å². The second-order valence-electron chi connectivity index (χ2n) is 5.51. The molecule has 0 aliphatic heterocycles. The molecule has 18 heavy (non-hydrogen) atoms. The molecule has 96 valence electrons. The third-order valence-corrected chi connectivity index (χ3v) is 3.09. The molecule has 2 aromatic rings. The van der Waals surface area contributed by atoms with E-state index in [1.807, 2.05) is 6.92 Å². The first-order chi connectivity index (χ1) is 8.38. The molecular formula is C15H18ClNO. The first-order valence-corrected chi connectivity index (χ1v) is 6.52. The maximum absolute atomic E-state index is 5.93. The van der Waals surface area contributed by atoms with E-state index in [9.17, 15) is 0 Å². The van der Waals surface area contributed by atoms with E-state index >= 15 is 0 Å². The summed E-state index contributed by atoms with van der Waals surface area (Å²) in [7, 11) is 0. The third kappa shape index (κ3) is 2.75. The minimum atomic E-state index is -0.201. The molecule has 0 spiro atoms. The van der Waals surface area contributed by atoms with E-state index in [1.165, 1.54) is 5.56 Å². The van der Waals surface area contributed by atoms with E-state index in [4.69, 9.17) is 16.0 Å². The molecule has 1 aromatic heterocycles. The Morgan fingerprint density at radius 2 is 1.78 bits per heavy atom. The first kappa shape index (κ1) is 13.2. The normalized spacial score (nSPS) is 13.6. The summed E-state index contributed by atoms with van der Waals surface area (Å²) < 4.78 is 5.61. The van der Waals surface area contributed by atoms with E-state index in [1.54, 1.807) is 6.20 Å². The molecular weight excluding hydrogens is 246 g/mol. The highest BCUT2D eigenvalue weighted by Gasteiger charge is 2.14. The maximum Gasteiger partial charge on any atom is 0.212 e. The van der Waals surface area contributed by atoms with Gasteiger partial charge in [0.25, 0.3) is 0 Å². The van der Waals surface area contributed by atoms with E-state index in [-0.39, 0.29) is 10.8 Å². The molecule has 2 rings (SSSR count). The fourth-order valence-electron chi connectivity index (χ4n) is 1.74. The largest absolute Gasteiger partial charge is 0.439 e. The van der Waals surface area contributed by atoms with Gasteiger partial charge in [0.05, 0.1) is 6.20 Å². The monoisotopic (exact) mass is 263 g/mol. The van der Waals surface area contributed by atoms with Crippen LogP contribution in [0.3, 0.4) is 0 Å². The first-order valence-electron chi connectivity index (χ1n) is 6.08. The number of oxazole rings is 1. The Morgan fingerprint density at radius 1 is 1.17 bits per heavy atom. The molecule has 0 N–H and O–H groups in total. The summed E-state index contributed by atoms with van der Waals surface area (Å²) in [6.07, 6.45) is 1.72. The molecule has 0 fully saturated rings. The van der Waals surface area contributed by atoms with Crippen LogP contribution in [0.25, 0.3) is 11.3 Å². The summed E-state index contributed by atoms with van der Waals surface area (Å²) >= 11 is 5.93. The van der Waals surface area contributed by atoms with Gasteiger partial charge in [0.2, 0.25) is 5.89 Å². The highest BCUT2D eigenvalue weighted by Crippen LogP contribution is 2.28. The number of halogens is 1. The summed E-state index contributed by atoms with van der Waals surface area (Å²) in [5.41, 5.74) is 2.49. The fraction of sp³-hybridized carbons (Fsp3) is 0.400. The van der Waals surface area contributed by atoms with Crippen LogP contribution in [0.2, 0.25) is 0 Å². The summed E-state index contributed by atoms with van der Waals surface area (Å²) in [4.78, 5) is 4.16. The molecule has 1 unspecified atom stereocenters. The van der Waals surface area contributed by atoms with Gasteiger partial charge in [-0.1, -0.05) is 45.0 Å². The summed E-state index contributed by atoms with van der Waals surface area (Å²) in [5.74, 6) is 1.32. The molecule has 1 aromatic carbocycles. The van der Waals surface area contributed by atoms with Gasteiger partial charge in [-0.15, -0.1) is 11.6 Å². The van der Waals surface area contributed by atoms with Crippen molar-refractivity contribution in [1.82, 2.24) is 4.98 Å². The minimum absolute atomic E-state index is 0.162. The highest BCUT2D eigenvalue weighted by molar-refractivity contribution is 6.20. The zero-order chi connectivity index (χ0) is 13.3. The highest BCUT2D eigenvalue weighted by atomic mass is 35.5. The average Bonchev–Trinajstić information content (AvgIpc) is 2.77. The quantitative estimate of drug-likeness (QED) is 0.718. The van der Waals surface area contributed by atoms with Crippen LogP contribution < -0.4 is 0 Å². The van der Waals surface area contributed by atoms with Crippen LogP contribution in [0.1, 0.15) is 44.5 Å². The van der Waals surface area contributed by atoms with Crippen molar-refractivity contribution in [1.29, 1.82) is 0 Å². The number of aromatic nitrogens is 1. The topological polar surface area (TPSA) is 26.0 Å². The predicted octanol–water partition coefficient (Wildman–Crippen LogP) is 4.94. The molecule has 0 radical (unpaired) electrons. The SMILES string of the molecule is CC(Cl)c1ncc(-c2ccc(C(C)(C)C)cc2)o1. The molecule has 0 saturated heterocycles. The van der Waals surface area contributed by atoms with E-state index < -0.39 is 0 Å². The van der Waals surface area contributed by atoms with Crippen molar-refractivity contribution < 1.29 is 4.42 Å². The van der Waals surface area contributed by atoms with Gasteiger partial charge in [-0.05, 0) is 17.9 Å². The van der Waals surface area contributed by atoms with Crippen molar-refractivity contribution in [2.24, 2.45) is 0 Å². The molecule has 1 heterocycles. The van der Waals surface area contributed by atoms with Gasteiger partial charge >= 0.3 is 0 Å². The van der Waals surface area contributed by atoms with Crippen LogP contribution in [0, 0.1) is 0 Å². The number of alkyl halides is 1. The lowest BCUT2D eigenvalue weighted by Crippen LogP contribution is -2.10. The minimum Gasteiger partial charge on any atom is -0.439 e. The summed E-state index contributed by atoms with van der Waals surface area (Å²) in [6.45, 7) is 8.44. The predicted molar refractivity (Wildman–Crippen MR) is 74.9 cm³/mol. The molecule has 3 heteroatoms. The molecule has 1 atom stereocenters. The molecule has 2 nitrogen and oxygen atoms in total. The van der Waals surface area contributed by atoms with Crippen molar-refractivity contribution in [3.05, 3.63) is 41.9 Å². The maximum atomic E-state index is 5.93. The van der Waals surface area contributed by atoms with Gasteiger partial charge in [-0.25, -0.2) is 4.98 Å². The lowest BCUT2D eigenvalue weighted by Gasteiger charge is -2.18. The zero-order valence-corrected chi connectivity index (χ0v) is 12.0. The Bertz CT molecular complexity index is 520. The van der Waals surface area contributed by atoms with Gasteiger partial charge in [0.1, 0.15) is 5.38 Å². The van der Waals surface area contributed by atoms with Crippen LogP contribution in [0.4, 0.5) is 0 Å². The second-order valence-corrected chi connectivity index (χ2v) is 6.16. The fourth-order valence-corrected chi connectivity index (χ4v) is 1.84. The average molecular weight is 264 g/mol. The molecule has 0 aliphatic carbocycles. The number of rotatable bonds is 2. The van der Waals surface area contributed by atoms with E-state index in [0.717, 1.165) is 11.3 Å². The van der Waals surface area contributed by atoms with Gasteiger partial charge in [-0.2, -0.15) is 0 Å². The standard InChI is InChI=1S/C15H18ClNO/c1-10(16)14-17-9-13(18-14)11-5-7-12(8-6-11)15(2,3)4/h5-10H,1-4H3. The number of nitrogens with zero attached hydrogens (tertiary/aromatic N) is 1. The van der Waals surface area contributed by atoms with Crippen molar-refractivity contribution in [3.63, 3.8) is 0 Å². The lowest BCUT2D eigenvalue weighted by molar-refractivity contribution is 0.508. The van der Waals surface area contributed by atoms with Gasteiger partial charge in [0.15, 0.2) is 5.76 Å². The van der Waals surface area contributed by atoms with Gasteiger partial charge < -0.3 is 4.42 Å². The van der Waals surface area contributed by atoms with Crippen molar-refractivity contribution in [3.8, 4) is 11.3 Å². The zero-order valence-electron chi connectivity index (χ0n) is 11.2. The molecule has 0 aliphatic rings. The Hall–Kier alpha value is -1.28. The van der Waals surface area contributed by atoms with Crippen LogP contribution in [0.5, 0.6) is 0 Å². The number of hydrogen-bond acceptors (Lipinski definition) is 2. The third-order valence-electron chi connectivity index (χ3n) is 2.90. The molecule has 0 amide bonds. The Labute approximate surface area is 113 Å². The van der Waals surface area contributed by atoms with Crippen LogP contribution in [-0.2, 0) is 5.41 Å². The van der Waals surface area contributed by atoms with Gasteiger partial charge in [-0.3, -0.25) is 0 Å². The van der Waals surface area contributed by atoms with Crippen LogP contribution in [-0.4, -0.2) is 4.98 Å². The Kier molecular flexibility index (Phi) is 3.49. The molecule has 0 bridgehead atoms. The Balaban J connectivity index is 2.29. The smallest absolute Gasteiger partial charge is 0.212 e. The second kappa shape index (κ2) is 4.77. The summed E-state index contributed by atoms with van der Waals surface area (Å²) in [5, 5.41) is -0.201. The van der Waals surface area contributed by atoms with Crippen molar-refractivity contribution in [2.75, 3.05) is 0 Å².